The Hall–Kier alpha value is -2.67. The number of benzene rings is 2. The highest BCUT2D eigenvalue weighted by molar-refractivity contribution is 8.01. The zero-order chi connectivity index (χ0) is 21.8. The topological polar surface area (TPSA) is 76.7 Å². The standard InChI is InChI=1S/C24H28N2O4S/c1-16-6-8-18(9-7-16)25-22(27)15-31-17(2)23(28)26-19-10-11-20-21(14-19)30-24(29-20)12-4-3-5-13-24/h6-11,14,17H,3-5,12-13,15H2,1-2H3,(H,25,27)(H,26,28). The molecule has 0 radical (unpaired) electrons. The van der Waals surface area contributed by atoms with Crippen molar-refractivity contribution in [3.05, 3.63) is 48.0 Å². The summed E-state index contributed by atoms with van der Waals surface area (Å²) >= 11 is 1.30. The minimum absolute atomic E-state index is 0.130. The molecule has 0 saturated heterocycles. The maximum Gasteiger partial charge on any atom is 0.251 e. The molecule has 1 heterocycles. The zero-order valence-corrected chi connectivity index (χ0v) is 18.7. The van der Waals surface area contributed by atoms with E-state index in [4.69, 9.17) is 9.47 Å². The molecule has 1 saturated carbocycles. The van der Waals surface area contributed by atoms with Crippen LogP contribution in [0, 0.1) is 6.92 Å². The van der Waals surface area contributed by atoms with Crippen LogP contribution in [0.2, 0.25) is 0 Å². The molecule has 2 N–H and O–H groups in total. The van der Waals surface area contributed by atoms with E-state index in [1.165, 1.54) is 18.2 Å². The summed E-state index contributed by atoms with van der Waals surface area (Å²) < 4.78 is 12.2. The lowest BCUT2D eigenvalue weighted by molar-refractivity contribution is -0.115. The van der Waals surface area contributed by atoms with Gasteiger partial charge in [0.25, 0.3) is 5.79 Å². The third-order valence-corrected chi connectivity index (χ3v) is 6.73. The Morgan fingerprint density at radius 1 is 0.968 bits per heavy atom. The lowest BCUT2D eigenvalue weighted by Gasteiger charge is -2.31. The number of ether oxygens (including phenoxy) is 2. The Labute approximate surface area is 187 Å². The van der Waals surface area contributed by atoms with Crippen molar-refractivity contribution in [2.75, 3.05) is 16.4 Å². The number of aryl methyl sites for hydroxylation is 1. The second-order valence-electron chi connectivity index (χ2n) is 8.19. The fraction of sp³-hybridized carbons (Fsp3) is 0.417. The van der Waals surface area contributed by atoms with Crippen LogP contribution in [0.1, 0.15) is 44.6 Å². The van der Waals surface area contributed by atoms with Gasteiger partial charge in [-0.15, -0.1) is 11.8 Å². The van der Waals surface area contributed by atoms with Crippen LogP contribution in [0.5, 0.6) is 11.5 Å². The molecule has 31 heavy (non-hydrogen) atoms. The molecule has 0 bridgehead atoms. The number of carbonyl (C=O) groups excluding carboxylic acids is 2. The molecule has 1 unspecified atom stereocenters. The summed E-state index contributed by atoms with van der Waals surface area (Å²) in [4.78, 5) is 24.7. The molecule has 1 spiro atoms. The predicted octanol–water partition coefficient (Wildman–Crippen LogP) is 5.13. The lowest BCUT2D eigenvalue weighted by Crippen LogP contribution is -2.40. The third-order valence-electron chi connectivity index (χ3n) is 5.59. The SMILES string of the molecule is Cc1ccc(NC(=O)CSC(C)C(=O)Nc2ccc3c(c2)OC2(CCCCC2)O3)cc1. The Balaban J connectivity index is 1.27. The fourth-order valence-corrected chi connectivity index (χ4v) is 4.50. The number of amides is 2. The van der Waals surface area contributed by atoms with E-state index in [2.05, 4.69) is 10.6 Å². The van der Waals surface area contributed by atoms with Crippen LogP contribution in [-0.4, -0.2) is 28.6 Å². The number of rotatable bonds is 6. The van der Waals surface area contributed by atoms with Gasteiger partial charge in [-0.3, -0.25) is 9.59 Å². The van der Waals surface area contributed by atoms with E-state index in [1.54, 1.807) is 6.92 Å². The minimum Gasteiger partial charge on any atom is -0.448 e. The lowest BCUT2D eigenvalue weighted by atomic mass is 9.94. The van der Waals surface area contributed by atoms with E-state index in [1.807, 2.05) is 49.4 Å². The van der Waals surface area contributed by atoms with Gasteiger partial charge < -0.3 is 20.1 Å². The average Bonchev–Trinajstić information content (AvgIpc) is 3.10. The van der Waals surface area contributed by atoms with Crippen molar-refractivity contribution in [3.8, 4) is 11.5 Å². The van der Waals surface area contributed by atoms with Gasteiger partial charge in [-0.1, -0.05) is 24.1 Å². The number of carbonyl (C=O) groups is 2. The summed E-state index contributed by atoms with van der Waals surface area (Å²) in [6, 6.07) is 13.1. The van der Waals surface area contributed by atoms with Gasteiger partial charge in [0.1, 0.15) is 0 Å². The Morgan fingerprint density at radius 2 is 1.65 bits per heavy atom. The number of nitrogens with one attached hydrogen (secondary N) is 2. The second-order valence-corrected chi connectivity index (χ2v) is 9.52. The Bertz CT molecular complexity index is 955. The van der Waals surface area contributed by atoms with Crippen LogP contribution < -0.4 is 20.1 Å². The van der Waals surface area contributed by atoms with Crippen LogP contribution in [0.4, 0.5) is 11.4 Å². The number of hydrogen-bond acceptors (Lipinski definition) is 5. The number of fused-ring (bicyclic) bond motifs is 1. The molecule has 1 aliphatic carbocycles. The molecule has 1 aliphatic heterocycles. The summed E-state index contributed by atoms with van der Waals surface area (Å²) in [5.41, 5.74) is 2.55. The molecule has 1 fully saturated rings. The number of anilines is 2. The van der Waals surface area contributed by atoms with Crippen molar-refractivity contribution in [3.63, 3.8) is 0 Å². The molecule has 2 amide bonds. The third kappa shape index (κ3) is 5.34. The largest absolute Gasteiger partial charge is 0.448 e. The van der Waals surface area contributed by atoms with Crippen LogP contribution in [0.3, 0.4) is 0 Å². The maximum atomic E-state index is 12.6. The molecule has 6 nitrogen and oxygen atoms in total. The molecule has 7 heteroatoms. The van der Waals surface area contributed by atoms with Gasteiger partial charge in [0.2, 0.25) is 11.8 Å². The van der Waals surface area contributed by atoms with Gasteiger partial charge in [-0.2, -0.15) is 0 Å². The van der Waals surface area contributed by atoms with Crippen molar-refractivity contribution >= 4 is 35.0 Å². The van der Waals surface area contributed by atoms with Crippen LogP contribution in [-0.2, 0) is 9.59 Å². The van der Waals surface area contributed by atoms with E-state index >= 15 is 0 Å². The summed E-state index contributed by atoms with van der Waals surface area (Å²) in [6.45, 7) is 3.79. The summed E-state index contributed by atoms with van der Waals surface area (Å²) in [6.07, 6.45) is 5.20. The van der Waals surface area contributed by atoms with Gasteiger partial charge >= 0.3 is 0 Å². The zero-order valence-electron chi connectivity index (χ0n) is 17.9. The van der Waals surface area contributed by atoms with E-state index in [-0.39, 0.29) is 22.8 Å². The van der Waals surface area contributed by atoms with Crippen LogP contribution >= 0.6 is 11.8 Å². The van der Waals surface area contributed by atoms with Crippen molar-refractivity contribution in [1.29, 1.82) is 0 Å². The first kappa shape index (κ1) is 21.6. The molecule has 164 valence electrons. The molecule has 0 aromatic heterocycles. The second kappa shape index (κ2) is 9.22. The summed E-state index contributed by atoms with van der Waals surface area (Å²) in [5, 5.41) is 5.39. The van der Waals surface area contributed by atoms with E-state index in [0.29, 0.717) is 11.4 Å². The molecule has 4 rings (SSSR count). The smallest absolute Gasteiger partial charge is 0.251 e. The van der Waals surface area contributed by atoms with E-state index in [0.717, 1.165) is 42.7 Å². The Kier molecular flexibility index (Phi) is 6.41. The first-order chi connectivity index (χ1) is 14.9. The van der Waals surface area contributed by atoms with Crippen molar-refractivity contribution in [2.45, 2.75) is 57.0 Å². The summed E-state index contributed by atoms with van der Waals surface area (Å²) in [5.74, 6) is 0.796. The molecule has 2 aliphatic rings. The van der Waals surface area contributed by atoms with Crippen LogP contribution in [0.25, 0.3) is 0 Å². The molecule has 1 atom stereocenters. The first-order valence-corrected chi connectivity index (χ1v) is 11.8. The van der Waals surface area contributed by atoms with Gasteiger partial charge in [0, 0.05) is 30.3 Å². The maximum absolute atomic E-state index is 12.6. The first-order valence-electron chi connectivity index (χ1n) is 10.7. The quantitative estimate of drug-likeness (QED) is 0.652. The normalized spacial score (nSPS) is 17.2. The van der Waals surface area contributed by atoms with E-state index in [9.17, 15) is 9.59 Å². The van der Waals surface area contributed by atoms with Crippen molar-refractivity contribution in [1.82, 2.24) is 0 Å². The van der Waals surface area contributed by atoms with E-state index < -0.39 is 5.79 Å². The molecule has 2 aromatic carbocycles. The van der Waals surface area contributed by atoms with Crippen molar-refractivity contribution in [2.24, 2.45) is 0 Å². The number of hydrogen-bond donors (Lipinski definition) is 2. The van der Waals surface area contributed by atoms with Gasteiger partial charge in [-0.05, 0) is 51.0 Å². The highest BCUT2D eigenvalue weighted by Gasteiger charge is 2.42. The van der Waals surface area contributed by atoms with Gasteiger partial charge in [0.05, 0.1) is 11.0 Å². The number of thioether (sulfide) groups is 1. The monoisotopic (exact) mass is 440 g/mol. The summed E-state index contributed by atoms with van der Waals surface area (Å²) in [7, 11) is 0. The van der Waals surface area contributed by atoms with Gasteiger partial charge in [-0.25, -0.2) is 0 Å². The molecule has 2 aromatic rings. The average molecular weight is 441 g/mol. The predicted molar refractivity (Wildman–Crippen MR) is 124 cm³/mol. The minimum atomic E-state index is -0.531. The van der Waals surface area contributed by atoms with Crippen LogP contribution in [0.15, 0.2) is 42.5 Å². The van der Waals surface area contributed by atoms with Crippen molar-refractivity contribution < 1.29 is 19.1 Å². The fourth-order valence-electron chi connectivity index (χ4n) is 3.82. The molecular formula is C24H28N2O4S. The highest BCUT2D eigenvalue weighted by Crippen LogP contribution is 2.46. The van der Waals surface area contributed by atoms with Gasteiger partial charge in [0.15, 0.2) is 11.5 Å². The molecular weight excluding hydrogens is 412 g/mol. The Morgan fingerprint density at radius 3 is 2.39 bits per heavy atom. The highest BCUT2D eigenvalue weighted by atomic mass is 32.2.